The molecule has 3 saturated carbocycles. The third-order valence-corrected chi connectivity index (χ3v) is 10.5. The lowest BCUT2D eigenvalue weighted by atomic mass is 9.46. The molecule has 0 bridgehead atoms. The van der Waals surface area contributed by atoms with Crippen molar-refractivity contribution in [3.05, 3.63) is 11.6 Å². The van der Waals surface area contributed by atoms with Crippen LogP contribution in [-0.2, 0) is 0 Å². The molecule has 29 heavy (non-hydrogen) atoms. The maximum atomic E-state index is 9.45. The Kier molecular flexibility index (Phi) is 5.96. The van der Waals surface area contributed by atoms with Crippen molar-refractivity contribution in [2.24, 2.45) is 52.3 Å². The fourth-order valence-corrected chi connectivity index (χ4v) is 8.80. The van der Waals surface area contributed by atoms with Crippen molar-refractivity contribution < 1.29 is 0 Å². The Morgan fingerprint density at radius 3 is 2.55 bits per heavy atom. The second-order valence-electron chi connectivity index (χ2n) is 12.4. The van der Waals surface area contributed by atoms with Gasteiger partial charge in [0.1, 0.15) is 0 Å². The summed E-state index contributed by atoms with van der Waals surface area (Å²) in [5, 5.41) is 9.45. The van der Waals surface area contributed by atoms with E-state index < -0.39 is 0 Å². The zero-order chi connectivity index (χ0) is 20.8. The quantitative estimate of drug-likeness (QED) is 0.431. The number of hydrogen-bond donors (Lipinski definition) is 0. The largest absolute Gasteiger partial charge is 0.198 e. The number of allylic oxidation sites excluding steroid dienone is 2. The first-order valence-corrected chi connectivity index (χ1v) is 12.9. The lowest BCUT2D eigenvalue weighted by molar-refractivity contribution is -0.0515. The number of rotatable bonds is 5. The highest BCUT2D eigenvalue weighted by atomic mass is 14.6. The number of fused-ring (bicyclic) bond motifs is 5. The zero-order valence-electron chi connectivity index (χ0n) is 19.8. The van der Waals surface area contributed by atoms with Crippen molar-refractivity contribution in [3.63, 3.8) is 0 Å². The zero-order valence-corrected chi connectivity index (χ0v) is 19.8. The highest BCUT2D eigenvalue weighted by Gasteiger charge is 2.59. The van der Waals surface area contributed by atoms with E-state index in [2.05, 4.69) is 46.8 Å². The predicted octanol–water partition coefficient (Wildman–Crippen LogP) is 8.17. The predicted molar refractivity (Wildman–Crippen MR) is 122 cm³/mol. The number of nitriles is 1. The van der Waals surface area contributed by atoms with Crippen molar-refractivity contribution in [2.45, 2.75) is 105 Å². The smallest absolute Gasteiger partial charge is 0.0659 e. The summed E-state index contributed by atoms with van der Waals surface area (Å²) in [6.45, 7) is 12.6. The summed E-state index contributed by atoms with van der Waals surface area (Å²) in [5.74, 6) is 5.73. The van der Waals surface area contributed by atoms with Crippen LogP contribution in [0.5, 0.6) is 0 Å². The lowest BCUT2D eigenvalue weighted by Gasteiger charge is -2.58. The molecule has 4 aliphatic rings. The molecule has 8 atom stereocenters. The van der Waals surface area contributed by atoms with Crippen LogP contribution in [0.3, 0.4) is 0 Å². The van der Waals surface area contributed by atoms with Gasteiger partial charge in [-0.2, -0.15) is 5.26 Å². The van der Waals surface area contributed by atoms with Crippen LogP contribution < -0.4 is 0 Å². The Morgan fingerprint density at radius 1 is 1.03 bits per heavy atom. The van der Waals surface area contributed by atoms with Gasteiger partial charge in [0.15, 0.2) is 0 Å². The van der Waals surface area contributed by atoms with Crippen LogP contribution in [0, 0.1) is 63.6 Å². The normalized spacial score (nSPS) is 45.0. The van der Waals surface area contributed by atoms with E-state index in [0.29, 0.717) is 10.8 Å². The molecule has 3 fully saturated rings. The van der Waals surface area contributed by atoms with Crippen LogP contribution in [0.15, 0.2) is 11.6 Å². The van der Waals surface area contributed by atoms with E-state index in [0.717, 1.165) is 48.3 Å². The maximum Gasteiger partial charge on any atom is 0.0659 e. The molecule has 0 N–H and O–H groups in total. The lowest BCUT2D eigenvalue weighted by Crippen LogP contribution is -2.50. The molecule has 0 aromatic heterocycles. The highest BCUT2D eigenvalue weighted by molar-refractivity contribution is 5.26. The average molecular weight is 396 g/mol. The molecule has 0 amide bonds. The van der Waals surface area contributed by atoms with E-state index >= 15 is 0 Å². The van der Waals surface area contributed by atoms with Crippen LogP contribution >= 0.6 is 0 Å². The van der Waals surface area contributed by atoms with E-state index in [1.807, 2.05) is 0 Å². The first-order valence-electron chi connectivity index (χ1n) is 12.9. The van der Waals surface area contributed by atoms with Crippen LogP contribution in [0.2, 0.25) is 0 Å². The van der Waals surface area contributed by atoms with Gasteiger partial charge in [-0.05, 0) is 97.7 Å². The highest BCUT2D eigenvalue weighted by Crippen LogP contribution is 2.67. The summed E-state index contributed by atoms with van der Waals surface area (Å²) in [5.41, 5.74) is 2.65. The molecule has 162 valence electrons. The first-order chi connectivity index (χ1) is 13.8. The molecule has 0 radical (unpaired) electrons. The second kappa shape index (κ2) is 8.05. The summed E-state index contributed by atoms with van der Waals surface area (Å²) < 4.78 is 0. The molecule has 1 heteroatoms. The van der Waals surface area contributed by atoms with Crippen LogP contribution in [0.25, 0.3) is 0 Å². The number of hydrogen-bond acceptors (Lipinski definition) is 1. The fraction of sp³-hybridized carbons (Fsp3) is 0.893. The molecule has 1 nitrogen and oxygen atoms in total. The van der Waals surface area contributed by atoms with Crippen LogP contribution in [0.1, 0.15) is 105 Å². The fourth-order valence-electron chi connectivity index (χ4n) is 8.80. The van der Waals surface area contributed by atoms with Crippen molar-refractivity contribution in [2.75, 3.05) is 0 Å². The van der Waals surface area contributed by atoms with Gasteiger partial charge in [-0.25, -0.2) is 0 Å². The van der Waals surface area contributed by atoms with Crippen molar-refractivity contribution in [1.29, 1.82) is 5.26 Å². The van der Waals surface area contributed by atoms with Gasteiger partial charge in [-0.1, -0.05) is 65.5 Å². The van der Waals surface area contributed by atoms with Gasteiger partial charge >= 0.3 is 0 Å². The summed E-state index contributed by atoms with van der Waals surface area (Å²) in [4.78, 5) is 0. The summed E-state index contributed by atoms with van der Waals surface area (Å²) in [7, 11) is 0. The van der Waals surface area contributed by atoms with Crippen molar-refractivity contribution in [3.8, 4) is 6.07 Å². The molecule has 0 aromatic rings. The second-order valence-corrected chi connectivity index (χ2v) is 12.4. The summed E-state index contributed by atoms with van der Waals surface area (Å²) >= 11 is 0. The summed E-state index contributed by atoms with van der Waals surface area (Å²) in [6.07, 6.45) is 17.5. The molecular formula is C28H45N. The Morgan fingerprint density at radius 2 is 1.83 bits per heavy atom. The summed E-state index contributed by atoms with van der Waals surface area (Å²) in [6, 6.07) is 2.57. The van der Waals surface area contributed by atoms with E-state index in [9.17, 15) is 5.26 Å². The molecular weight excluding hydrogens is 350 g/mol. The SMILES string of the molecule is CC(C)CCC[C@H](C)[C@@H]1CC[C@@H]2[C@H]3CC=C4C[C@@H](C#N)CC[C@]4(C)[C@@H]3CC[C@]21C. The third-order valence-electron chi connectivity index (χ3n) is 10.5. The van der Waals surface area contributed by atoms with E-state index in [1.54, 1.807) is 5.57 Å². The minimum Gasteiger partial charge on any atom is -0.198 e. The molecule has 0 heterocycles. The average Bonchev–Trinajstić information content (AvgIpc) is 3.04. The van der Waals surface area contributed by atoms with E-state index in [4.69, 9.17) is 0 Å². The van der Waals surface area contributed by atoms with E-state index in [1.165, 1.54) is 57.8 Å². The molecule has 0 saturated heterocycles. The van der Waals surface area contributed by atoms with Gasteiger partial charge in [-0.3, -0.25) is 0 Å². The molecule has 4 rings (SSSR count). The van der Waals surface area contributed by atoms with Gasteiger partial charge in [0, 0.05) is 0 Å². The van der Waals surface area contributed by atoms with E-state index in [-0.39, 0.29) is 5.92 Å². The molecule has 0 aromatic carbocycles. The molecule has 4 aliphatic carbocycles. The molecule has 0 spiro atoms. The standard InChI is InChI=1S/C28H45N/c1-19(2)7-6-8-20(3)24-11-12-25-23-10-9-22-17-21(18-29)13-15-27(22,4)26(23)14-16-28(24,25)5/h9,19-21,23-26H,6-8,10-17H2,1-5H3/t20-,21-,23+,24-,25+,26+,27-,28-/m0/s1. The Labute approximate surface area is 180 Å². The minimum atomic E-state index is 0.280. The number of nitrogens with zero attached hydrogens (tertiary/aromatic N) is 1. The van der Waals surface area contributed by atoms with Gasteiger partial charge in [0.25, 0.3) is 0 Å². The Balaban J connectivity index is 1.49. The topological polar surface area (TPSA) is 23.8 Å². The van der Waals surface area contributed by atoms with Gasteiger partial charge < -0.3 is 0 Å². The Hall–Kier alpha value is -0.770. The van der Waals surface area contributed by atoms with Gasteiger partial charge in [-0.15, -0.1) is 0 Å². The van der Waals surface area contributed by atoms with Gasteiger partial charge in [0.05, 0.1) is 12.0 Å². The Bertz CT molecular complexity index is 668. The maximum absolute atomic E-state index is 9.45. The van der Waals surface area contributed by atoms with Gasteiger partial charge in [0.2, 0.25) is 0 Å². The van der Waals surface area contributed by atoms with Crippen molar-refractivity contribution in [1.82, 2.24) is 0 Å². The molecule has 0 unspecified atom stereocenters. The molecule has 0 aliphatic heterocycles. The first kappa shape index (κ1) is 21.5. The minimum absolute atomic E-state index is 0.280. The van der Waals surface area contributed by atoms with Crippen LogP contribution in [0.4, 0.5) is 0 Å². The van der Waals surface area contributed by atoms with Crippen LogP contribution in [-0.4, -0.2) is 0 Å². The third kappa shape index (κ3) is 3.62. The van der Waals surface area contributed by atoms with Crippen molar-refractivity contribution >= 4 is 0 Å². The monoisotopic (exact) mass is 395 g/mol.